The number of hydrogen-bond donors (Lipinski definition) is 1. The number of nitrogens with one attached hydrogen (secondary N) is 1. The van der Waals surface area contributed by atoms with E-state index in [0.717, 1.165) is 5.56 Å². The fraction of sp³-hybridized carbons (Fsp3) is 0.211. The third-order valence-corrected chi connectivity index (χ3v) is 4.57. The Morgan fingerprint density at radius 1 is 1.21 bits per heavy atom. The number of carbonyl (C=O) groups excluding carboxylic acids is 2. The molecule has 0 aliphatic carbocycles. The highest BCUT2D eigenvalue weighted by Gasteiger charge is 2.34. The molecular weight excluding hydrogens is 363 g/mol. The van der Waals surface area contributed by atoms with Gasteiger partial charge in [0, 0.05) is 18.7 Å². The minimum absolute atomic E-state index is 0.280. The minimum Gasteiger partial charge on any atom is -0.352 e. The summed E-state index contributed by atoms with van der Waals surface area (Å²) in [5, 5.41) is 13.7. The van der Waals surface area contributed by atoms with E-state index in [1.165, 1.54) is 29.4 Å². The summed E-state index contributed by atoms with van der Waals surface area (Å²) in [5.74, 6) is -1.05. The zero-order chi connectivity index (χ0) is 19.5. The Kier molecular flexibility index (Phi) is 4.79. The van der Waals surface area contributed by atoms with Crippen molar-refractivity contribution >= 4 is 11.8 Å². The Hall–Kier alpha value is -3.62. The average Bonchev–Trinajstić information content (AvgIpc) is 3.21. The molecule has 3 aromatic rings. The number of rotatable bonds is 4. The van der Waals surface area contributed by atoms with Gasteiger partial charge in [0.15, 0.2) is 0 Å². The number of halogens is 1. The van der Waals surface area contributed by atoms with Gasteiger partial charge in [-0.05, 0) is 45.8 Å². The van der Waals surface area contributed by atoms with Gasteiger partial charge < -0.3 is 10.2 Å². The molecule has 4 rings (SSSR count). The van der Waals surface area contributed by atoms with Gasteiger partial charge in [0.05, 0.1) is 6.54 Å². The molecule has 142 valence electrons. The van der Waals surface area contributed by atoms with Crippen LogP contribution in [0.25, 0.3) is 0 Å². The molecule has 1 atom stereocenters. The fourth-order valence-corrected chi connectivity index (χ4v) is 3.25. The van der Waals surface area contributed by atoms with Crippen molar-refractivity contribution < 1.29 is 14.0 Å². The molecule has 1 N–H and O–H groups in total. The molecule has 1 aromatic heterocycles. The van der Waals surface area contributed by atoms with Gasteiger partial charge in [-0.25, -0.2) is 9.07 Å². The number of tetrazole rings is 1. The Morgan fingerprint density at radius 2 is 2.04 bits per heavy atom. The monoisotopic (exact) mass is 380 g/mol. The number of aromatic nitrogens is 4. The number of hydrogen-bond acceptors (Lipinski definition) is 5. The largest absolute Gasteiger partial charge is 0.352 e. The van der Waals surface area contributed by atoms with Crippen LogP contribution in [-0.4, -0.2) is 50.0 Å². The number of piperazine rings is 1. The second-order valence-electron chi connectivity index (χ2n) is 6.45. The van der Waals surface area contributed by atoms with Crippen molar-refractivity contribution in [1.29, 1.82) is 0 Å². The van der Waals surface area contributed by atoms with Crippen LogP contribution in [0.4, 0.5) is 4.39 Å². The Labute approximate surface area is 160 Å². The molecule has 1 fully saturated rings. The zero-order valence-corrected chi connectivity index (χ0v) is 14.8. The SMILES string of the molecule is O=C1NCCN(C(=O)c2ccc(Cn3cnnn3)cc2)[C@@H]1c1cccc(F)c1. The standard InChI is InChI=1S/C19H17FN6O2/c20-16-3-1-2-15(10-16)17-18(27)21-8-9-26(17)19(28)14-6-4-13(5-7-14)11-25-12-22-23-24-25/h1-7,10,12,17H,8-9,11H2,(H,21,27)/t17-/m1/s1. The predicted octanol–water partition coefficient (Wildman–Crippen LogP) is 1.17. The smallest absolute Gasteiger partial charge is 0.254 e. The number of carbonyl (C=O) groups is 2. The molecule has 1 saturated heterocycles. The highest BCUT2D eigenvalue weighted by atomic mass is 19.1. The van der Waals surface area contributed by atoms with Crippen LogP contribution in [0.15, 0.2) is 54.9 Å². The van der Waals surface area contributed by atoms with Crippen LogP contribution < -0.4 is 5.32 Å². The summed E-state index contributed by atoms with van der Waals surface area (Å²) in [4.78, 5) is 27.0. The van der Waals surface area contributed by atoms with Crippen molar-refractivity contribution in [3.05, 3.63) is 77.4 Å². The molecule has 28 heavy (non-hydrogen) atoms. The quantitative estimate of drug-likeness (QED) is 0.734. The summed E-state index contributed by atoms with van der Waals surface area (Å²) in [6.45, 7) is 1.19. The summed E-state index contributed by atoms with van der Waals surface area (Å²) in [6, 6.07) is 11.9. The normalized spacial score (nSPS) is 16.7. The van der Waals surface area contributed by atoms with E-state index in [0.29, 0.717) is 30.8 Å². The molecule has 2 heterocycles. The second-order valence-corrected chi connectivity index (χ2v) is 6.45. The van der Waals surface area contributed by atoms with Gasteiger partial charge in [0.2, 0.25) is 5.91 Å². The van der Waals surface area contributed by atoms with Crippen molar-refractivity contribution in [1.82, 2.24) is 30.4 Å². The average molecular weight is 380 g/mol. The Morgan fingerprint density at radius 3 is 2.75 bits per heavy atom. The van der Waals surface area contributed by atoms with E-state index >= 15 is 0 Å². The number of nitrogens with zero attached hydrogens (tertiary/aromatic N) is 5. The van der Waals surface area contributed by atoms with E-state index in [-0.39, 0.29) is 11.8 Å². The van der Waals surface area contributed by atoms with Crippen LogP contribution in [0.2, 0.25) is 0 Å². The maximum atomic E-state index is 13.6. The third-order valence-electron chi connectivity index (χ3n) is 4.57. The first-order valence-electron chi connectivity index (χ1n) is 8.76. The maximum Gasteiger partial charge on any atom is 0.254 e. The zero-order valence-electron chi connectivity index (χ0n) is 14.8. The van der Waals surface area contributed by atoms with Crippen LogP contribution in [0, 0.1) is 5.82 Å². The van der Waals surface area contributed by atoms with E-state index in [2.05, 4.69) is 20.8 Å². The topological polar surface area (TPSA) is 93.0 Å². The lowest BCUT2D eigenvalue weighted by molar-refractivity contribution is -0.128. The van der Waals surface area contributed by atoms with Crippen molar-refractivity contribution in [2.24, 2.45) is 0 Å². The van der Waals surface area contributed by atoms with Crippen LogP contribution in [-0.2, 0) is 11.3 Å². The first kappa shape index (κ1) is 17.8. The summed E-state index contributed by atoms with van der Waals surface area (Å²) in [7, 11) is 0. The van der Waals surface area contributed by atoms with Crippen LogP contribution in [0.1, 0.15) is 27.5 Å². The van der Waals surface area contributed by atoms with Gasteiger partial charge in [-0.15, -0.1) is 5.10 Å². The van der Waals surface area contributed by atoms with E-state index < -0.39 is 11.9 Å². The van der Waals surface area contributed by atoms with E-state index in [4.69, 9.17) is 0 Å². The minimum atomic E-state index is -0.863. The lowest BCUT2D eigenvalue weighted by atomic mass is 10.0. The Balaban J connectivity index is 1.57. The highest BCUT2D eigenvalue weighted by Crippen LogP contribution is 2.26. The molecule has 1 aliphatic heterocycles. The van der Waals surface area contributed by atoms with Crippen molar-refractivity contribution in [2.45, 2.75) is 12.6 Å². The van der Waals surface area contributed by atoms with Crippen LogP contribution >= 0.6 is 0 Å². The molecular formula is C19H17FN6O2. The predicted molar refractivity (Wildman–Crippen MR) is 96.5 cm³/mol. The highest BCUT2D eigenvalue weighted by molar-refractivity contribution is 5.98. The van der Waals surface area contributed by atoms with Crippen LogP contribution in [0.5, 0.6) is 0 Å². The van der Waals surface area contributed by atoms with E-state index in [9.17, 15) is 14.0 Å². The molecule has 0 unspecified atom stereocenters. The van der Waals surface area contributed by atoms with Gasteiger partial charge in [-0.3, -0.25) is 9.59 Å². The lowest BCUT2D eigenvalue weighted by Crippen LogP contribution is -2.52. The van der Waals surface area contributed by atoms with Gasteiger partial charge in [0.25, 0.3) is 5.91 Å². The van der Waals surface area contributed by atoms with Gasteiger partial charge in [-0.2, -0.15) is 0 Å². The van der Waals surface area contributed by atoms with E-state index in [1.807, 2.05) is 12.1 Å². The molecule has 0 bridgehead atoms. The first-order chi connectivity index (χ1) is 13.6. The van der Waals surface area contributed by atoms with Gasteiger partial charge >= 0.3 is 0 Å². The first-order valence-corrected chi connectivity index (χ1v) is 8.76. The summed E-state index contributed by atoms with van der Waals surface area (Å²) < 4.78 is 15.2. The maximum absolute atomic E-state index is 13.6. The summed E-state index contributed by atoms with van der Waals surface area (Å²) in [5.41, 5.74) is 1.83. The number of amides is 2. The van der Waals surface area contributed by atoms with Crippen molar-refractivity contribution in [2.75, 3.05) is 13.1 Å². The van der Waals surface area contributed by atoms with Crippen LogP contribution in [0.3, 0.4) is 0 Å². The molecule has 2 amide bonds. The lowest BCUT2D eigenvalue weighted by Gasteiger charge is -2.35. The Bertz CT molecular complexity index is 990. The van der Waals surface area contributed by atoms with E-state index in [1.54, 1.807) is 22.9 Å². The second kappa shape index (κ2) is 7.55. The van der Waals surface area contributed by atoms with Gasteiger partial charge in [0.1, 0.15) is 18.2 Å². The molecule has 0 spiro atoms. The molecule has 0 saturated carbocycles. The molecule has 0 radical (unpaired) electrons. The summed E-state index contributed by atoms with van der Waals surface area (Å²) >= 11 is 0. The van der Waals surface area contributed by atoms with Crippen molar-refractivity contribution in [3.63, 3.8) is 0 Å². The third kappa shape index (κ3) is 3.59. The molecule has 9 heteroatoms. The van der Waals surface area contributed by atoms with Crippen molar-refractivity contribution in [3.8, 4) is 0 Å². The summed E-state index contributed by atoms with van der Waals surface area (Å²) in [6.07, 6.45) is 1.51. The fourth-order valence-electron chi connectivity index (χ4n) is 3.25. The molecule has 8 nitrogen and oxygen atoms in total. The molecule has 2 aromatic carbocycles. The molecule has 1 aliphatic rings. The number of benzene rings is 2. The van der Waals surface area contributed by atoms with Gasteiger partial charge in [-0.1, -0.05) is 24.3 Å².